The highest BCUT2D eigenvalue weighted by Gasteiger charge is 2.39. The fraction of sp³-hybridized carbons (Fsp3) is 0.818. The van der Waals surface area contributed by atoms with Gasteiger partial charge in [-0.2, -0.15) is 0 Å². The molecule has 0 radical (unpaired) electrons. The maximum absolute atomic E-state index is 5.90. The Bertz CT molecular complexity index is 946. The molecule has 0 aliphatic carbocycles. The van der Waals surface area contributed by atoms with Gasteiger partial charge in [-0.1, -0.05) is 137 Å². The molecule has 4 heteroatoms. The third-order valence-electron chi connectivity index (χ3n) is 7.51. The van der Waals surface area contributed by atoms with E-state index >= 15 is 0 Å². The van der Waals surface area contributed by atoms with Crippen LogP contribution in [0.15, 0.2) is 21.6 Å². The highest BCUT2D eigenvalue weighted by molar-refractivity contribution is 8.22. The van der Waals surface area contributed by atoms with Gasteiger partial charge in [-0.3, -0.25) is 0 Å². The minimum absolute atomic E-state index is 0.00142. The lowest BCUT2D eigenvalue weighted by atomic mass is 9.74. The Morgan fingerprint density at radius 3 is 1.16 bits per heavy atom. The number of rotatable bonds is 6. The lowest BCUT2D eigenvalue weighted by molar-refractivity contribution is 0.391. The van der Waals surface area contributed by atoms with E-state index in [0.717, 1.165) is 19.3 Å². The molecule has 37 heavy (non-hydrogen) atoms. The van der Waals surface area contributed by atoms with Crippen LogP contribution >= 0.6 is 14.8 Å². The molecule has 1 rings (SSSR count). The zero-order valence-corrected chi connectivity index (χ0v) is 29.9. The summed E-state index contributed by atoms with van der Waals surface area (Å²) in [6.45, 7) is 42.6. The predicted octanol–water partition coefficient (Wildman–Crippen LogP) is 13.0. The Balaban J connectivity index is 4.52. The summed E-state index contributed by atoms with van der Waals surface area (Å²) in [6, 6.07) is 4.93. The number of benzene rings is 1. The van der Waals surface area contributed by atoms with Gasteiger partial charge in [-0.05, 0) is 70.1 Å². The van der Waals surface area contributed by atoms with Gasteiger partial charge in [-0.15, -0.1) is 0 Å². The molecule has 1 aromatic carbocycles. The first kappa shape index (κ1) is 34.6. The second kappa shape index (κ2) is 11.6. The summed E-state index contributed by atoms with van der Waals surface area (Å²) in [5.41, 5.74) is 5.44. The molecule has 0 amide bonds. The predicted molar refractivity (Wildman–Crippen MR) is 174 cm³/mol. The van der Waals surface area contributed by atoms with Crippen LogP contribution in [0.2, 0.25) is 0 Å². The van der Waals surface area contributed by atoms with E-state index < -0.39 is 14.8 Å². The van der Waals surface area contributed by atoms with E-state index in [1.165, 1.54) is 22.4 Å². The fourth-order valence-corrected chi connectivity index (χ4v) is 14.3. The van der Waals surface area contributed by atoms with E-state index in [0.29, 0.717) is 0 Å². The highest BCUT2D eigenvalue weighted by atomic mass is 32.1. The van der Waals surface area contributed by atoms with Crippen LogP contribution in [0.3, 0.4) is 0 Å². The van der Waals surface area contributed by atoms with Gasteiger partial charge in [0.05, 0.1) is 18.4 Å². The molecule has 0 bridgehead atoms. The Morgan fingerprint density at radius 1 is 0.568 bits per heavy atom. The quantitative estimate of drug-likeness (QED) is 0.316. The molecule has 0 aliphatic heterocycles. The van der Waals surface area contributed by atoms with Crippen molar-refractivity contribution in [2.45, 2.75) is 176 Å². The standard InChI is InChI=1S/C33H62N2P2/c1-19-33(20-2,21-3)35-37(36(31(13,14)15)32(16,17)18)34-27-25(29(7,8)9)22-24(28(4,5)6)23-26(27)30(10,11)12/h22-23H,19-21H2,1-18H3. The van der Waals surface area contributed by atoms with Crippen LogP contribution < -0.4 is 0 Å². The zero-order valence-electron chi connectivity index (χ0n) is 28.1. The van der Waals surface area contributed by atoms with E-state index in [9.17, 15) is 0 Å². The molecule has 214 valence electrons. The van der Waals surface area contributed by atoms with E-state index in [1.54, 1.807) is 0 Å². The summed E-state index contributed by atoms with van der Waals surface area (Å²) in [4.78, 5) is 0. The van der Waals surface area contributed by atoms with Crippen molar-refractivity contribution in [3.05, 3.63) is 28.8 Å². The van der Waals surface area contributed by atoms with Gasteiger partial charge in [0.2, 0.25) is 0 Å². The van der Waals surface area contributed by atoms with Crippen LogP contribution in [0.25, 0.3) is 0 Å². The zero-order chi connectivity index (χ0) is 29.4. The van der Waals surface area contributed by atoms with Crippen LogP contribution in [0.1, 0.15) is 161 Å². The Morgan fingerprint density at radius 2 is 0.919 bits per heavy atom. The molecule has 1 aromatic rings. The molecule has 0 saturated heterocycles. The Labute approximate surface area is 234 Å². The first-order valence-corrected chi connectivity index (χ1v) is 17.9. The van der Waals surface area contributed by atoms with Gasteiger partial charge in [0, 0.05) is 0 Å². The van der Waals surface area contributed by atoms with E-state index in [2.05, 4.69) is 137 Å². The summed E-state index contributed by atoms with van der Waals surface area (Å²) in [5.74, 6) is 0. The van der Waals surface area contributed by atoms with E-state index in [4.69, 9.17) is 9.49 Å². The van der Waals surface area contributed by atoms with Crippen molar-refractivity contribution in [3.8, 4) is 0 Å². The highest BCUT2D eigenvalue weighted by Crippen LogP contribution is 2.74. The second-order valence-corrected chi connectivity index (χ2v) is 22.6. The molecule has 0 spiro atoms. The van der Waals surface area contributed by atoms with Gasteiger partial charge in [0.25, 0.3) is 0 Å². The molecule has 0 aromatic heterocycles. The van der Waals surface area contributed by atoms with Crippen molar-refractivity contribution in [1.82, 2.24) is 0 Å². The first-order chi connectivity index (χ1) is 16.3. The average Bonchev–Trinajstić information content (AvgIpc) is 2.67. The molecular weight excluding hydrogens is 486 g/mol. The third-order valence-corrected chi connectivity index (χ3v) is 16.6. The molecule has 0 aliphatic rings. The number of hydrogen-bond acceptors (Lipinski definition) is 2. The number of hydrogen-bond donors (Lipinski definition) is 0. The fourth-order valence-electron chi connectivity index (χ4n) is 5.21. The third kappa shape index (κ3) is 8.77. The van der Waals surface area contributed by atoms with Crippen LogP contribution in [0.5, 0.6) is 0 Å². The normalized spacial score (nSPS) is 15.2. The van der Waals surface area contributed by atoms with Gasteiger partial charge < -0.3 is 0 Å². The summed E-state index contributed by atoms with van der Waals surface area (Å²) in [6.07, 6.45) is 3.23. The molecule has 1 unspecified atom stereocenters. The van der Waals surface area contributed by atoms with Crippen molar-refractivity contribution < 1.29 is 0 Å². The Hall–Kier alpha value is -0.450. The summed E-state index contributed by atoms with van der Waals surface area (Å²) < 4.78 is 11.7. The van der Waals surface area contributed by atoms with Crippen molar-refractivity contribution in [3.63, 3.8) is 0 Å². The minimum Gasteiger partial charge on any atom is -0.245 e. The van der Waals surface area contributed by atoms with Crippen LogP contribution in [-0.2, 0) is 16.2 Å². The average molecular weight is 549 g/mol. The summed E-state index contributed by atoms with van der Waals surface area (Å²) in [7, 11) is -1.44. The van der Waals surface area contributed by atoms with E-state index in [1.807, 2.05) is 0 Å². The maximum Gasteiger partial charge on any atom is 0.0863 e. The van der Waals surface area contributed by atoms with Gasteiger partial charge >= 0.3 is 0 Å². The van der Waals surface area contributed by atoms with Crippen LogP contribution in [-0.4, -0.2) is 15.9 Å². The molecule has 0 saturated carbocycles. The molecule has 2 nitrogen and oxygen atoms in total. The monoisotopic (exact) mass is 548 g/mol. The lowest BCUT2D eigenvalue weighted by Crippen LogP contribution is -2.24. The lowest BCUT2D eigenvalue weighted by Gasteiger charge is -2.40. The maximum atomic E-state index is 5.90. The van der Waals surface area contributed by atoms with Gasteiger partial charge in [0.15, 0.2) is 0 Å². The van der Waals surface area contributed by atoms with Gasteiger partial charge in [-0.25, -0.2) is 9.49 Å². The van der Waals surface area contributed by atoms with E-state index in [-0.39, 0.29) is 32.1 Å². The van der Waals surface area contributed by atoms with Crippen LogP contribution in [0, 0.1) is 0 Å². The van der Waals surface area contributed by atoms with Crippen molar-refractivity contribution in [1.29, 1.82) is 0 Å². The number of nitrogens with zero attached hydrogens (tertiary/aromatic N) is 2. The topological polar surface area (TPSA) is 24.7 Å². The smallest absolute Gasteiger partial charge is 0.0863 e. The van der Waals surface area contributed by atoms with Crippen molar-refractivity contribution in [2.24, 2.45) is 9.49 Å². The molecule has 0 fully saturated rings. The SMILES string of the molecule is CCC(CC)(CC)N=P(=Nc1c(C(C)(C)C)cc(C(C)(C)C)cc1C(C)(C)C)P(C(C)(C)C)C(C)(C)C. The largest absolute Gasteiger partial charge is 0.245 e. The summed E-state index contributed by atoms with van der Waals surface area (Å²) >= 11 is 0. The van der Waals surface area contributed by atoms with Crippen LogP contribution in [0.4, 0.5) is 5.69 Å². The Kier molecular flexibility index (Phi) is 10.8. The minimum atomic E-state index is -0.932. The molecule has 1 atom stereocenters. The van der Waals surface area contributed by atoms with Crippen molar-refractivity contribution in [2.75, 3.05) is 0 Å². The summed E-state index contributed by atoms with van der Waals surface area (Å²) in [5, 5.41) is 0.310. The van der Waals surface area contributed by atoms with Crippen molar-refractivity contribution >= 4 is 20.5 Å². The molecule has 0 N–H and O–H groups in total. The van der Waals surface area contributed by atoms with Gasteiger partial charge in [0.1, 0.15) is 0 Å². The molecular formula is C33H62N2P2. The first-order valence-electron chi connectivity index (χ1n) is 14.6. The molecule has 0 heterocycles. The second-order valence-electron chi connectivity index (χ2n) is 16.1.